The van der Waals surface area contributed by atoms with Crippen molar-refractivity contribution in [3.63, 3.8) is 0 Å². The molecule has 0 saturated carbocycles. The fourth-order valence-corrected chi connectivity index (χ4v) is 3.34. The molecule has 2 aromatic rings. The summed E-state index contributed by atoms with van der Waals surface area (Å²) in [5.74, 6) is -0.0481. The first-order valence-electron chi connectivity index (χ1n) is 8.18. The molecule has 0 fully saturated rings. The Bertz CT molecular complexity index is 805. The highest BCUT2D eigenvalue weighted by Crippen LogP contribution is 2.30. The number of nitrogens with one attached hydrogen (secondary N) is 1. The molecule has 1 N–H and O–H groups in total. The molecule has 1 aliphatic rings. The summed E-state index contributed by atoms with van der Waals surface area (Å²) >= 11 is 3.35. The van der Waals surface area contributed by atoms with Gasteiger partial charge in [-0.05, 0) is 49.4 Å². The minimum Gasteiger partial charge on any atom is -0.494 e. The Balaban J connectivity index is 1.70. The monoisotopic (exact) mass is 403 g/mol. The number of quaternary nitrogens is 1. The zero-order valence-electron chi connectivity index (χ0n) is 14.2. The minimum absolute atomic E-state index is 0.437. The predicted molar refractivity (Wildman–Crippen MR) is 99.0 cm³/mol. The van der Waals surface area contributed by atoms with E-state index >= 15 is 0 Å². The lowest BCUT2D eigenvalue weighted by molar-refractivity contribution is -0.892. The number of halogens is 1. The number of carbonyl (C=O) groups excluding carboxylic acids is 2. The van der Waals surface area contributed by atoms with Crippen molar-refractivity contribution in [1.82, 2.24) is 0 Å². The van der Waals surface area contributed by atoms with E-state index < -0.39 is 11.7 Å². The van der Waals surface area contributed by atoms with Crippen molar-refractivity contribution in [2.45, 2.75) is 13.5 Å². The Kier molecular flexibility index (Phi) is 5.20. The van der Waals surface area contributed by atoms with E-state index in [0.29, 0.717) is 24.5 Å². The summed E-state index contributed by atoms with van der Waals surface area (Å²) in [7, 11) is 2.01. The van der Waals surface area contributed by atoms with Gasteiger partial charge >= 0.3 is 5.91 Å². The number of ketones is 1. The molecule has 5 nitrogen and oxygen atoms in total. The van der Waals surface area contributed by atoms with Gasteiger partial charge in [0.15, 0.2) is 6.67 Å². The van der Waals surface area contributed by atoms with Crippen LogP contribution in [-0.4, -0.2) is 32.0 Å². The summed E-state index contributed by atoms with van der Waals surface area (Å²) in [5.41, 5.74) is 2.30. The Morgan fingerprint density at radius 3 is 2.52 bits per heavy atom. The van der Waals surface area contributed by atoms with Gasteiger partial charge in [0.1, 0.15) is 12.3 Å². The molecule has 25 heavy (non-hydrogen) atoms. The third-order valence-electron chi connectivity index (χ3n) is 4.10. The van der Waals surface area contributed by atoms with Crippen molar-refractivity contribution >= 4 is 33.3 Å². The van der Waals surface area contributed by atoms with Crippen LogP contribution in [0.25, 0.3) is 0 Å². The Labute approximate surface area is 155 Å². The molecule has 1 heterocycles. The number of hydrogen-bond acceptors (Lipinski definition) is 3. The number of benzene rings is 2. The lowest BCUT2D eigenvalue weighted by atomic mass is 10.1. The number of ether oxygens (including phenoxy) is 1. The van der Waals surface area contributed by atoms with Crippen molar-refractivity contribution in [2.24, 2.45) is 0 Å². The first kappa shape index (κ1) is 17.6. The van der Waals surface area contributed by atoms with Gasteiger partial charge in [-0.15, -0.1) is 0 Å². The number of Topliss-reactive ketones (excluding diaryl/α,β-unsaturated/α-hetero) is 1. The maximum atomic E-state index is 12.3. The van der Waals surface area contributed by atoms with E-state index in [1.807, 2.05) is 50.4 Å². The van der Waals surface area contributed by atoms with Crippen LogP contribution in [0.4, 0.5) is 5.69 Å². The van der Waals surface area contributed by atoms with Crippen molar-refractivity contribution in [2.75, 3.05) is 25.2 Å². The zero-order valence-corrected chi connectivity index (χ0v) is 15.8. The summed E-state index contributed by atoms with van der Waals surface area (Å²) in [6.45, 7) is 3.78. The van der Waals surface area contributed by atoms with Crippen LogP contribution in [0.3, 0.4) is 0 Å². The van der Waals surface area contributed by atoms with E-state index in [1.54, 1.807) is 11.0 Å². The average Bonchev–Trinajstić information content (AvgIpc) is 2.81. The van der Waals surface area contributed by atoms with Crippen LogP contribution < -0.4 is 14.5 Å². The quantitative estimate of drug-likeness (QED) is 0.750. The molecule has 130 valence electrons. The number of carbonyl (C=O) groups is 2. The number of nitrogens with zero attached hydrogens (tertiary/aromatic N) is 1. The van der Waals surface area contributed by atoms with Gasteiger partial charge < -0.3 is 9.64 Å². The number of amides is 1. The van der Waals surface area contributed by atoms with Gasteiger partial charge in [0.2, 0.25) is 0 Å². The topological polar surface area (TPSA) is 51.1 Å². The molecule has 0 spiro atoms. The van der Waals surface area contributed by atoms with Gasteiger partial charge in [-0.3, -0.25) is 14.5 Å². The molecule has 0 radical (unpaired) electrons. The average molecular weight is 404 g/mol. The lowest BCUT2D eigenvalue weighted by Gasteiger charge is -2.22. The third-order valence-corrected chi connectivity index (χ3v) is 4.59. The first-order chi connectivity index (χ1) is 12.0. The molecule has 1 aliphatic heterocycles. The molecule has 1 atom stereocenters. The molecule has 0 aliphatic carbocycles. The second-order valence-corrected chi connectivity index (χ2v) is 7.01. The van der Waals surface area contributed by atoms with E-state index in [-0.39, 0.29) is 0 Å². The van der Waals surface area contributed by atoms with Crippen molar-refractivity contribution in [3.8, 4) is 5.75 Å². The molecule has 2 aromatic carbocycles. The molecule has 0 bridgehead atoms. The molecule has 0 aromatic heterocycles. The number of rotatable bonds is 6. The Hall–Kier alpha value is -2.18. The predicted octanol–water partition coefficient (Wildman–Crippen LogP) is 2.05. The fraction of sp³-hybridized carbons (Fsp3) is 0.263. The fourth-order valence-electron chi connectivity index (χ4n) is 2.97. The molecule has 0 saturated heterocycles. The second kappa shape index (κ2) is 7.37. The van der Waals surface area contributed by atoms with Gasteiger partial charge in [-0.2, -0.15) is 0 Å². The highest BCUT2D eigenvalue weighted by Gasteiger charge is 2.37. The van der Waals surface area contributed by atoms with Gasteiger partial charge in [-0.1, -0.05) is 15.9 Å². The summed E-state index contributed by atoms with van der Waals surface area (Å²) in [6.07, 6.45) is 0. The summed E-state index contributed by atoms with van der Waals surface area (Å²) in [4.78, 5) is 27.1. The molecule has 1 amide bonds. The Morgan fingerprint density at radius 2 is 1.84 bits per heavy atom. The van der Waals surface area contributed by atoms with Crippen LogP contribution in [-0.2, 0) is 11.3 Å². The normalized spacial score (nSPS) is 14.6. The van der Waals surface area contributed by atoms with Crippen LogP contribution in [0.15, 0.2) is 46.9 Å². The first-order valence-corrected chi connectivity index (χ1v) is 8.97. The van der Waals surface area contributed by atoms with Crippen LogP contribution in [0, 0.1) is 0 Å². The van der Waals surface area contributed by atoms with Crippen LogP contribution in [0.5, 0.6) is 5.75 Å². The smallest absolute Gasteiger partial charge is 0.303 e. The molecule has 6 heteroatoms. The van der Waals surface area contributed by atoms with Gasteiger partial charge in [0, 0.05) is 10.0 Å². The van der Waals surface area contributed by atoms with Gasteiger partial charge in [-0.25, -0.2) is 0 Å². The highest BCUT2D eigenvalue weighted by molar-refractivity contribution is 9.10. The SMILES string of the molecule is CCOc1ccc(C[NH+](C)CN2C(=O)C(=O)c3cc(Br)ccc32)cc1. The van der Waals surface area contributed by atoms with E-state index in [1.165, 1.54) is 0 Å². The molecule has 1 unspecified atom stereocenters. The maximum Gasteiger partial charge on any atom is 0.303 e. The molecular weight excluding hydrogens is 384 g/mol. The molecular formula is C19H20BrN2O3+. The number of anilines is 1. The third kappa shape index (κ3) is 3.75. The van der Waals surface area contributed by atoms with E-state index in [4.69, 9.17) is 4.74 Å². The van der Waals surface area contributed by atoms with E-state index in [2.05, 4.69) is 15.9 Å². The Morgan fingerprint density at radius 1 is 1.12 bits per heavy atom. The summed E-state index contributed by atoms with van der Waals surface area (Å²) in [5, 5.41) is 0. The van der Waals surface area contributed by atoms with E-state index in [9.17, 15) is 9.59 Å². The van der Waals surface area contributed by atoms with Gasteiger partial charge in [0.05, 0.1) is 24.9 Å². The zero-order chi connectivity index (χ0) is 18.0. The van der Waals surface area contributed by atoms with E-state index in [0.717, 1.165) is 27.2 Å². The summed E-state index contributed by atoms with van der Waals surface area (Å²) in [6, 6.07) is 13.3. The highest BCUT2D eigenvalue weighted by atomic mass is 79.9. The van der Waals surface area contributed by atoms with Crippen LogP contribution in [0.2, 0.25) is 0 Å². The van der Waals surface area contributed by atoms with Crippen molar-refractivity contribution in [1.29, 1.82) is 0 Å². The van der Waals surface area contributed by atoms with Crippen LogP contribution in [0.1, 0.15) is 22.8 Å². The van der Waals surface area contributed by atoms with Crippen molar-refractivity contribution in [3.05, 3.63) is 58.1 Å². The minimum atomic E-state index is -0.459. The largest absolute Gasteiger partial charge is 0.494 e. The van der Waals surface area contributed by atoms with Crippen LogP contribution >= 0.6 is 15.9 Å². The molecule has 3 rings (SSSR count). The second-order valence-electron chi connectivity index (χ2n) is 6.09. The number of fused-ring (bicyclic) bond motifs is 1. The maximum absolute atomic E-state index is 12.3. The summed E-state index contributed by atoms with van der Waals surface area (Å²) < 4.78 is 6.24. The lowest BCUT2D eigenvalue weighted by Crippen LogP contribution is -3.09. The van der Waals surface area contributed by atoms with Gasteiger partial charge in [0.25, 0.3) is 5.78 Å². The standard InChI is InChI=1S/C19H19BrN2O3/c1-3-25-15-7-4-13(5-8-15)11-21(2)12-22-17-9-6-14(20)10-16(17)18(23)19(22)24/h4-10H,3,11-12H2,1-2H3/p+1. The number of hydrogen-bond donors (Lipinski definition) is 1. The van der Waals surface area contributed by atoms with Crippen molar-refractivity contribution < 1.29 is 19.2 Å².